The number of rotatable bonds is 3. The molecular weight excluding hydrogens is 211 g/mol. The third-order valence-corrected chi connectivity index (χ3v) is 4.47. The highest BCUT2D eigenvalue weighted by molar-refractivity contribution is 7.85. The molecule has 1 unspecified atom stereocenters. The first-order chi connectivity index (χ1) is 7.25. The molecule has 0 amide bonds. The largest absolute Gasteiger partial charge is 0.254 e. The van der Waals surface area contributed by atoms with E-state index in [1.165, 1.54) is 37.8 Å². The quantitative estimate of drug-likeness (QED) is 0.774. The predicted molar refractivity (Wildman–Crippen MR) is 59.6 cm³/mol. The molecule has 1 atom stereocenters. The van der Waals surface area contributed by atoms with Crippen LogP contribution in [0.5, 0.6) is 0 Å². The second-order valence-corrected chi connectivity index (χ2v) is 5.62. The van der Waals surface area contributed by atoms with Gasteiger partial charge < -0.3 is 0 Å². The molecular formula is C12H15FOS. The third-order valence-electron chi connectivity index (χ3n) is 2.92. The van der Waals surface area contributed by atoms with Gasteiger partial charge in [0.15, 0.2) is 0 Å². The first-order valence-corrected chi connectivity index (χ1v) is 6.71. The van der Waals surface area contributed by atoms with Crippen LogP contribution in [0.2, 0.25) is 0 Å². The van der Waals surface area contributed by atoms with Gasteiger partial charge in [-0.2, -0.15) is 0 Å². The van der Waals surface area contributed by atoms with E-state index < -0.39 is 10.8 Å². The van der Waals surface area contributed by atoms with Gasteiger partial charge in [0.1, 0.15) is 5.82 Å². The summed E-state index contributed by atoms with van der Waals surface area (Å²) in [6, 6.07) is 6.13. The summed E-state index contributed by atoms with van der Waals surface area (Å²) in [5.41, 5.74) is 0. The molecule has 0 bridgehead atoms. The smallest absolute Gasteiger partial charge is 0.124 e. The van der Waals surface area contributed by atoms with Gasteiger partial charge in [0.25, 0.3) is 0 Å². The van der Waals surface area contributed by atoms with E-state index in [2.05, 4.69) is 0 Å². The van der Waals surface area contributed by atoms with E-state index in [1.54, 1.807) is 12.1 Å². The van der Waals surface area contributed by atoms with E-state index in [4.69, 9.17) is 0 Å². The fraction of sp³-hybridized carbons (Fsp3) is 0.500. The van der Waals surface area contributed by atoms with E-state index in [9.17, 15) is 8.60 Å². The Kier molecular flexibility index (Phi) is 3.52. The van der Waals surface area contributed by atoms with E-state index in [0.29, 0.717) is 16.6 Å². The fourth-order valence-electron chi connectivity index (χ4n) is 2.10. The highest BCUT2D eigenvalue weighted by atomic mass is 32.2. The Balaban J connectivity index is 2.01. The first kappa shape index (κ1) is 10.8. The molecule has 0 radical (unpaired) electrons. The minimum atomic E-state index is -1.02. The number of hydrogen-bond acceptors (Lipinski definition) is 1. The van der Waals surface area contributed by atoms with Crippen molar-refractivity contribution in [1.82, 2.24) is 0 Å². The summed E-state index contributed by atoms with van der Waals surface area (Å²) in [6.45, 7) is 0. The van der Waals surface area contributed by atoms with Crippen LogP contribution in [0.25, 0.3) is 0 Å². The zero-order chi connectivity index (χ0) is 10.7. The molecule has 0 saturated heterocycles. The molecule has 1 saturated carbocycles. The lowest BCUT2D eigenvalue weighted by Crippen LogP contribution is -2.07. The van der Waals surface area contributed by atoms with E-state index >= 15 is 0 Å². The molecule has 15 heavy (non-hydrogen) atoms. The monoisotopic (exact) mass is 226 g/mol. The van der Waals surface area contributed by atoms with Gasteiger partial charge in [0.05, 0.1) is 10.8 Å². The van der Waals surface area contributed by atoms with Crippen molar-refractivity contribution in [3.05, 3.63) is 30.1 Å². The Morgan fingerprint density at radius 1 is 1.33 bits per heavy atom. The predicted octanol–water partition coefficient (Wildman–Crippen LogP) is 3.12. The van der Waals surface area contributed by atoms with Crippen LogP contribution in [-0.4, -0.2) is 9.96 Å². The summed E-state index contributed by atoms with van der Waals surface area (Å²) in [5.74, 6) is 0.977. The maximum atomic E-state index is 12.9. The second-order valence-electron chi connectivity index (χ2n) is 4.12. The van der Waals surface area contributed by atoms with Gasteiger partial charge in [-0.1, -0.05) is 18.9 Å². The number of hydrogen-bond donors (Lipinski definition) is 0. The molecule has 0 aromatic heterocycles. The molecule has 1 aromatic carbocycles. The Hall–Kier alpha value is -0.700. The SMILES string of the molecule is O=S(CC1CCCC1)c1cccc(F)c1. The molecule has 0 heterocycles. The summed E-state index contributed by atoms with van der Waals surface area (Å²) >= 11 is 0. The summed E-state index contributed by atoms with van der Waals surface area (Å²) in [6.07, 6.45) is 4.87. The summed E-state index contributed by atoms with van der Waals surface area (Å²) < 4.78 is 24.8. The molecule has 1 aliphatic carbocycles. The van der Waals surface area contributed by atoms with Crippen molar-refractivity contribution >= 4 is 10.8 Å². The van der Waals surface area contributed by atoms with Crippen LogP contribution in [0.3, 0.4) is 0 Å². The average Bonchev–Trinajstić information content (AvgIpc) is 2.70. The molecule has 2 rings (SSSR count). The summed E-state index contributed by atoms with van der Waals surface area (Å²) in [4.78, 5) is 0.627. The van der Waals surface area contributed by atoms with Gasteiger partial charge in [-0.15, -0.1) is 0 Å². The first-order valence-electron chi connectivity index (χ1n) is 5.39. The summed E-state index contributed by atoms with van der Waals surface area (Å²) in [5, 5.41) is 0. The standard InChI is InChI=1S/C12H15FOS/c13-11-6-3-7-12(8-11)15(14)9-10-4-1-2-5-10/h3,6-8,10H,1-2,4-5,9H2. The Morgan fingerprint density at radius 2 is 2.07 bits per heavy atom. The van der Waals surface area contributed by atoms with Crippen molar-refractivity contribution < 1.29 is 8.60 Å². The summed E-state index contributed by atoms with van der Waals surface area (Å²) in [7, 11) is -1.02. The molecule has 82 valence electrons. The molecule has 1 fully saturated rings. The maximum absolute atomic E-state index is 12.9. The second kappa shape index (κ2) is 4.88. The molecule has 0 aliphatic heterocycles. The zero-order valence-corrected chi connectivity index (χ0v) is 9.43. The molecule has 0 N–H and O–H groups in total. The topological polar surface area (TPSA) is 17.1 Å². The third kappa shape index (κ3) is 2.88. The van der Waals surface area contributed by atoms with Gasteiger partial charge in [-0.05, 0) is 37.0 Å². The average molecular weight is 226 g/mol. The van der Waals surface area contributed by atoms with Crippen LogP contribution in [0.15, 0.2) is 29.2 Å². The van der Waals surface area contributed by atoms with Crippen molar-refractivity contribution in [2.24, 2.45) is 5.92 Å². The van der Waals surface area contributed by atoms with Crippen molar-refractivity contribution in [3.63, 3.8) is 0 Å². The number of halogens is 1. The lowest BCUT2D eigenvalue weighted by Gasteiger charge is -2.08. The van der Waals surface area contributed by atoms with Gasteiger partial charge in [0, 0.05) is 10.6 Å². The highest BCUT2D eigenvalue weighted by Gasteiger charge is 2.18. The Labute approximate surface area is 92.2 Å². The molecule has 1 aliphatic rings. The molecule has 0 spiro atoms. The van der Waals surface area contributed by atoms with E-state index in [0.717, 1.165) is 0 Å². The van der Waals surface area contributed by atoms with Crippen molar-refractivity contribution in [1.29, 1.82) is 0 Å². The van der Waals surface area contributed by atoms with Crippen molar-refractivity contribution in [2.75, 3.05) is 5.75 Å². The maximum Gasteiger partial charge on any atom is 0.124 e. The van der Waals surface area contributed by atoms with Crippen LogP contribution in [0, 0.1) is 11.7 Å². The van der Waals surface area contributed by atoms with Gasteiger partial charge >= 0.3 is 0 Å². The van der Waals surface area contributed by atoms with Crippen LogP contribution in [0.4, 0.5) is 4.39 Å². The highest BCUT2D eigenvalue weighted by Crippen LogP contribution is 2.26. The van der Waals surface area contributed by atoms with Crippen molar-refractivity contribution in [2.45, 2.75) is 30.6 Å². The van der Waals surface area contributed by atoms with Gasteiger partial charge in [0.2, 0.25) is 0 Å². The van der Waals surface area contributed by atoms with Crippen LogP contribution in [-0.2, 0) is 10.8 Å². The van der Waals surface area contributed by atoms with Crippen LogP contribution < -0.4 is 0 Å². The molecule has 1 nitrogen and oxygen atoms in total. The fourth-order valence-corrected chi connectivity index (χ4v) is 3.52. The van der Waals surface area contributed by atoms with Crippen LogP contribution >= 0.6 is 0 Å². The normalized spacial score (nSPS) is 19.3. The lowest BCUT2D eigenvalue weighted by molar-refractivity contribution is 0.602. The molecule has 1 aromatic rings. The Bertz CT molecular complexity index is 358. The molecule has 3 heteroatoms. The van der Waals surface area contributed by atoms with E-state index in [1.807, 2.05) is 0 Å². The van der Waals surface area contributed by atoms with Gasteiger partial charge in [-0.25, -0.2) is 4.39 Å². The van der Waals surface area contributed by atoms with E-state index in [-0.39, 0.29) is 5.82 Å². The van der Waals surface area contributed by atoms with Crippen molar-refractivity contribution in [3.8, 4) is 0 Å². The Morgan fingerprint density at radius 3 is 2.73 bits per heavy atom. The van der Waals surface area contributed by atoms with Crippen LogP contribution in [0.1, 0.15) is 25.7 Å². The van der Waals surface area contributed by atoms with Gasteiger partial charge in [-0.3, -0.25) is 4.21 Å². The lowest BCUT2D eigenvalue weighted by atomic mass is 10.1. The minimum Gasteiger partial charge on any atom is -0.254 e. The zero-order valence-electron chi connectivity index (χ0n) is 8.62. The minimum absolute atomic E-state index is 0.299. The number of benzene rings is 1.